The average molecular weight is 414 g/mol. The van der Waals surface area contributed by atoms with Crippen molar-refractivity contribution in [3.05, 3.63) is 63.2 Å². The zero-order valence-electron chi connectivity index (χ0n) is 17.9. The summed E-state index contributed by atoms with van der Waals surface area (Å²) in [7, 11) is 0. The lowest BCUT2D eigenvalue weighted by molar-refractivity contribution is -0.119. The van der Waals surface area contributed by atoms with E-state index in [1.165, 1.54) is 11.1 Å². The molecule has 2 heterocycles. The summed E-state index contributed by atoms with van der Waals surface area (Å²) in [4.78, 5) is 13.1. The third-order valence-corrected chi connectivity index (χ3v) is 5.98. The van der Waals surface area contributed by atoms with E-state index in [1.54, 1.807) is 4.68 Å². The maximum absolute atomic E-state index is 13.1. The van der Waals surface area contributed by atoms with Crippen molar-refractivity contribution in [3.8, 4) is 0 Å². The van der Waals surface area contributed by atoms with Gasteiger partial charge in [-0.2, -0.15) is 10.2 Å². The summed E-state index contributed by atoms with van der Waals surface area (Å²) < 4.78 is 3.66. The molecule has 1 amide bonds. The highest BCUT2D eigenvalue weighted by Crippen LogP contribution is 2.26. The maximum Gasteiger partial charge on any atom is 0.249 e. The number of nitrogens with zero attached hydrogens (tertiary/aromatic N) is 4. The molecule has 1 unspecified atom stereocenters. The van der Waals surface area contributed by atoms with Crippen molar-refractivity contribution in [2.45, 2.75) is 60.5 Å². The Morgan fingerprint density at radius 3 is 2.34 bits per heavy atom. The zero-order valence-corrected chi connectivity index (χ0v) is 18.6. The third kappa shape index (κ3) is 4.08. The number of benzene rings is 1. The van der Waals surface area contributed by atoms with E-state index in [2.05, 4.69) is 34.6 Å². The van der Waals surface area contributed by atoms with Gasteiger partial charge < -0.3 is 5.32 Å². The van der Waals surface area contributed by atoms with Gasteiger partial charge in [0.05, 0.1) is 40.0 Å². The van der Waals surface area contributed by atoms with Gasteiger partial charge in [-0.3, -0.25) is 14.2 Å². The molecule has 0 bridgehead atoms. The normalized spacial score (nSPS) is 12.2. The predicted octanol–water partition coefficient (Wildman–Crippen LogP) is 4.91. The van der Waals surface area contributed by atoms with Crippen LogP contribution in [0.15, 0.2) is 24.3 Å². The predicted molar refractivity (Wildman–Crippen MR) is 117 cm³/mol. The fourth-order valence-electron chi connectivity index (χ4n) is 3.60. The van der Waals surface area contributed by atoms with Crippen molar-refractivity contribution in [1.29, 1.82) is 0 Å². The smallest absolute Gasteiger partial charge is 0.249 e. The van der Waals surface area contributed by atoms with Crippen LogP contribution in [0, 0.1) is 34.6 Å². The van der Waals surface area contributed by atoms with E-state index in [0.717, 1.165) is 28.5 Å². The molecule has 154 valence electrons. The van der Waals surface area contributed by atoms with Gasteiger partial charge in [-0.25, -0.2) is 0 Å². The van der Waals surface area contributed by atoms with E-state index in [4.69, 9.17) is 11.6 Å². The molecular weight excluding hydrogens is 386 g/mol. The number of rotatable bonds is 6. The molecular formula is C22H28ClN5O. The number of anilines is 1. The molecule has 0 aliphatic rings. The molecule has 29 heavy (non-hydrogen) atoms. The minimum Gasteiger partial charge on any atom is -0.321 e. The van der Waals surface area contributed by atoms with Crippen molar-refractivity contribution in [2.75, 3.05) is 5.32 Å². The van der Waals surface area contributed by atoms with E-state index in [-0.39, 0.29) is 5.91 Å². The number of aromatic nitrogens is 4. The molecule has 0 aliphatic heterocycles. The van der Waals surface area contributed by atoms with Gasteiger partial charge >= 0.3 is 0 Å². The van der Waals surface area contributed by atoms with Crippen molar-refractivity contribution in [1.82, 2.24) is 19.6 Å². The number of nitrogens with one attached hydrogen (secondary N) is 1. The number of carbonyl (C=O) groups excluding carboxylic acids is 1. The summed E-state index contributed by atoms with van der Waals surface area (Å²) in [6.07, 6.45) is 0.611. The highest BCUT2D eigenvalue weighted by molar-refractivity contribution is 6.31. The molecule has 0 aliphatic carbocycles. The molecule has 2 aromatic heterocycles. The lowest BCUT2D eigenvalue weighted by Gasteiger charge is -2.17. The standard InChI is InChI=1S/C22H28ClN5O/c1-7-19(28-16(5)20(23)14(3)26-28)22(29)24-21-15(4)25-27(17(21)6)12-18-11-9-8-10-13(18)2/h8-11,19H,7,12H2,1-6H3,(H,24,29). The first-order valence-electron chi connectivity index (χ1n) is 9.85. The Hall–Kier alpha value is -2.60. The quantitative estimate of drug-likeness (QED) is 0.624. The molecule has 3 aromatic rings. The summed E-state index contributed by atoms with van der Waals surface area (Å²) in [5.41, 5.74) is 6.45. The Labute approximate surface area is 176 Å². The van der Waals surface area contributed by atoms with Gasteiger partial charge in [0.15, 0.2) is 0 Å². The monoisotopic (exact) mass is 413 g/mol. The Balaban J connectivity index is 1.86. The van der Waals surface area contributed by atoms with E-state index < -0.39 is 6.04 Å². The van der Waals surface area contributed by atoms with Crippen LogP contribution in [0.5, 0.6) is 0 Å². The van der Waals surface area contributed by atoms with Crippen LogP contribution in [0.1, 0.15) is 53.3 Å². The molecule has 7 heteroatoms. The van der Waals surface area contributed by atoms with Crippen molar-refractivity contribution in [3.63, 3.8) is 0 Å². The largest absolute Gasteiger partial charge is 0.321 e. The summed E-state index contributed by atoms with van der Waals surface area (Å²) in [6, 6.07) is 7.82. The van der Waals surface area contributed by atoms with Gasteiger partial charge in [0.2, 0.25) is 5.91 Å². The van der Waals surface area contributed by atoms with E-state index in [0.29, 0.717) is 18.0 Å². The highest BCUT2D eigenvalue weighted by Gasteiger charge is 2.25. The van der Waals surface area contributed by atoms with Crippen LogP contribution in [0.4, 0.5) is 5.69 Å². The van der Waals surface area contributed by atoms with Crippen LogP contribution in [0.25, 0.3) is 0 Å². The Morgan fingerprint density at radius 1 is 1.07 bits per heavy atom. The number of hydrogen-bond acceptors (Lipinski definition) is 3. The van der Waals surface area contributed by atoms with Gasteiger partial charge in [0, 0.05) is 0 Å². The molecule has 0 saturated carbocycles. The van der Waals surface area contributed by atoms with Gasteiger partial charge in [0.1, 0.15) is 6.04 Å². The third-order valence-electron chi connectivity index (χ3n) is 5.43. The van der Waals surface area contributed by atoms with Crippen molar-refractivity contribution in [2.24, 2.45) is 0 Å². The van der Waals surface area contributed by atoms with Crippen LogP contribution < -0.4 is 5.32 Å². The first kappa shape index (κ1) is 21.1. The summed E-state index contributed by atoms with van der Waals surface area (Å²) in [5.74, 6) is -0.114. The molecule has 0 fully saturated rings. The minimum absolute atomic E-state index is 0.114. The summed E-state index contributed by atoms with van der Waals surface area (Å²) >= 11 is 6.28. The highest BCUT2D eigenvalue weighted by atomic mass is 35.5. The molecule has 6 nitrogen and oxygen atoms in total. The molecule has 3 rings (SSSR count). The number of aryl methyl sites for hydroxylation is 3. The number of hydrogen-bond donors (Lipinski definition) is 1. The molecule has 1 N–H and O–H groups in total. The van der Waals surface area contributed by atoms with Gasteiger partial charge in [-0.15, -0.1) is 0 Å². The minimum atomic E-state index is -0.431. The fraction of sp³-hybridized carbons (Fsp3) is 0.409. The molecule has 0 radical (unpaired) electrons. The molecule has 1 aromatic carbocycles. The first-order valence-corrected chi connectivity index (χ1v) is 10.2. The van der Waals surface area contributed by atoms with Gasteiger partial charge in [-0.05, 0) is 52.2 Å². The van der Waals surface area contributed by atoms with Gasteiger partial charge in [-0.1, -0.05) is 42.8 Å². The summed E-state index contributed by atoms with van der Waals surface area (Å²) in [5, 5.41) is 12.8. The van der Waals surface area contributed by atoms with Crippen LogP contribution in [-0.2, 0) is 11.3 Å². The lowest BCUT2D eigenvalue weighted by Crippen LogP contribution is -2.27. The summed E-state index contributed by atoms with van der Waals surface area (Å²) in [6.45, 7) is 12.4. The zero-order chi connectivity index (χ0) is 21.3. The topological polar surface area (TPSA) is 64.7 Å². The number of amides is 1. The maximum atomic E-state index is 13.1. The molecule has 0 spiro atoms. The second-order valence-electron chi connectivity index (χ2n) is 7.47. The van der Waals surface area contributed by atoms with Crippen LogP contribution in [0.3, 0.4) is 0 Å². The number of carbonyl (C=O) groups is 1. The van der Waals surface area contributed by atoms with Crippen LogP contribution in [-0.4, -0.2) is 25.5 Å². The van der Waals surface area contributed by atoms with Gasteiger partial charge in [0.25, 0.3) is 0 Å². The average Bonchev–Trinajstić information content (AvgIpc) is 3.09. The van der Waals surface area contributed by atoms with E-state index in [9.17, 15) is 4.79 Å². The lowest BCUT2D eigenvalue weighted by atomic mass is 10.1. The molecule has 0 saturated heterocycles. The Kier molecular flexibility index (Phi) is 6.13. The Morgan fingerprint density at radius 2 is 1.76 bits per heavy atom. The van der Waals surface area contributed by atoms with Crippen LogP contribution in [0.2, 0.25) is 5.02 Å². The first-order chi connectivity index (χ1) is 13.7. The van der Waals surface area contributed by atoms with Crippen LogP contribution >= 0.6 is 11.6 Å². The Bertz CT molecular complexity index is 1050. The molecule has 1 atom stereocenters. The SMILES string of the molecule is CCC(C(=O)Nc1c(C)nn(Cc2ccccc2C)c1C)n1nc(C)c(Cl)c1C. The van der Waals surface area contributed by atoms with Crippen molar-refractivity contribution < 1.29 is 4.79 Å². The van der Waals surface area contributed by atoms with Crippen molar-refractivity contribution >= 4 is 23.2 Å². The number of halogens is 1. The second kappa shape index (κ2) is 8.41. The fourth-order valence-corrected chi connectivity index (χ4v) is 3.73. The second-order valence-corrected chi connectivity index (χ2v) is 7.85. The van der Waals surface area contributed by atoms with E-state index >= 15 is 0 Å². The van der Waals surface area contributed by atoms with E-state index in [1.807, 2.05) is 51.4 Å².